The molecule has 6 atom stereocenters. The summed E-state index contributed by atoms with van der Waals surface area (Å²) in [5.41, 5.74) is 0. The topological polar surface area (TPSA) is 87.1 Å². The van der Waals surface area contributed by atoms with Crippen molar-refractivity contribution in [3.63, 3.8) is 0 Å². The summed E-state index contributed by atoms with van der Waals surface area (Å²) in [6.45, 7) is 11.8. The van der Waals surface area contributed by atoms with Crippen molar-refractivity contribution < 1.29 is 24.2 Å². The van der Waals surface area contributed by atoms with Gasteiger partial charge in [0.2, 0.25) is 11.8 Å². The maximum absolute atomic E-state index is 14.4. The normalized spacial score (nSPS) is 35.0. The highest BCUT2D eigenvalue weighted by Gasteiger charge is 2.78. The van der Waals surface area contributed by atoms with E-state index in [-0.39, 0.29) is 37.0 Å². The number of thioether (sulfide) groups is 1. The van der Waals surface area contributed by atoms with Crippen LogP contribution in [0.2, 0.25) is 0 Å². The SMILES string of the molecule is C=CCCOC(=O)[C@H]1[C@H]2C(=O)N([C@H](C)CO)C(C(=O)N(CC=C)C3CCCCC3)C23CC[C@]1(C)S3. The molecule has 2 unspecified atom stereocenters. The number of nitrogens with zero attached hydrogens (tertiary/aromatic N) is 2. The van der Waals surface area contributed by atoms with E-state index in [0.29, 0.717) is 19.4 Å². The van der Waals surface area contributed by atoms with Crippen molar-refractivity contribution in [3.05, 3.63) is 25.3 Å². The monoisotopic (exact) mass is 504 g/mol. The average molecular weight is 505 g/mol. The van der Waals surface area contributed by atoms with Crippen molar-refractivity contribution in [1.82, 2.24) is 9.80 Å². The average Bonchev–Trinajstić information content (AvgIpc) is 3.43. The number of amides is 2. The number of fused-ring (bicyclic) bond motifs is 1. The quantitative estimate of drug-likeness (QED) is 0.279. The predicted molar refractivity (Wildman–Crippen MR) is 137 cm³/mol. The van der Waals surface area contributed by atoms with Gasteiger partial charge >= 0.3 is 5.97 Å². The van der Waals surface area contributed by atoms with E-state index in [0.717, 1.165) is 32.1 Å². The van der Waals surface area contributed by atoms with Crippen LogP contribution in [0.25, 0.3) is 0 Å². The van der Waals surface area contributed by atoms with Crippen molar-refractivity contribution in [3.8, 4) is 0 Å². The summed E-state index contributed by atoms with van der Waals surface area (Å²) in [6, 6.07) is -1.09. The third-order valence-corrected chi connectivity index (χ3v) is 10.6. The van der Waals surface area contributed by atoms with Crippen LogP contribution >= 0.6 is 11.8 Å². The van der Waals surface area contributed by atoms with Gasteiger partial charge in [-0.3, -0.25) is 14.4 Å². The van der Waals surface area contributed by atoms with Crippen LogP contribution in [-0.2, 0) is 19.1 Å². The molecule has 1 aliphatic carbocycles. The fourth-order valence-corrected chi connectivity index (χ4v) is 9.33. The van der Waals surface area contributed by atoms with Crippen molar-refractivity contribution in [2.45, 2.75) is 92.8 Å². The maximum Gasteiger partial charge on any atom is 0.311 e. The van der Waals surface area contributed by atoms with Crippen LogP contribution in [0.4, 0.5) is 0 Å². The molecule has 8 heteroatoms. The Labute approximate surface area is 213 Å². The zero-order chi connectivity index (χ0) is 25.4. The fourth-order valence-electron chi connectivity index (χ4n) is 7.00. The number of aliphatic hydroxyl groups is 1. The van der Waals surface area contributed by atoms with Crippen molar-refractivity contribution >= 4 is 29.5 Å². The van der Waals surface area contributed by atoms with Crippen LogP contribution < -0.4 is 0 Å². The number of esters is 1. The van der Waals surface area contributed by atoms with Crippen molar-refractivity contribution in [1.29, 1.82) is 0 Å². The largest absolute Gasteiger partial charge is 0.465 e. The van der Waals surface area contributed by atoms with Crippen LogP contribution in [0.5, 0.6) is 0 Å². The molecule has 1 spiro atoms. The Morgan fingerprint density at radius 3 is 2.60 bits per heavy atom. The summed E-state index contributed by atoms with van der Waals surface area (Å²) < 4.78 is 4.44. The molecule has 0 aromatic carbocycles. The Balaban J connectivity index is 1.73. The molecule has 3 saturated heterocycles. The second-order valence-corrected chi connectivity index (χ2v) is 12.7. The van der Waals surface area contributed by atoms with E-state index in [4.69, 9.17) is 4.74 Å². The van der Waals surface area contributed by atoms with Crippen LogP contribution in [0.1, 0.15) is 65.2 Å². The summed E-state index contributed by atoms with van der Waals surface area (Å²) in [6.07, 6.45) is 10.7. The molecule has 0 radical (unpaired) electrons. The first kappa shape index (κ1) is 26.3. The molecule has 0 aromatic rings. The number of hydrogen-bond acceptors (Lipinski definition) is 6. The number of aliphatic hydroxyl groups excluding tert-OH is 1. The summed E-state index contributed by atoms with van der Waals surface area (Å²) in [5, 5.41) is 10.1. The fraction of sp³-hybridized carbons (Fsp3) is 0.741. The molecule has 194 valence electrons. The summed E-state index contributed by atoms with van der Waals surface area (Å²) in [7, 11) is 0. The minimum absolute atomic E-state index is 0.0645. The number of hydrogen-bond donors (Lipinski definition) is 1. The molecule has 4 aliphatic rings. The lowest BCUT2D eigenvalue weighted by Crippen LogP contribution is -2.58. The van der Waals surface area contributed by atoms with E-state index < -0.39 is 33.4 Å². The first-order chi connectivity index (χ1) is 16.8. The number of carbonyl (C=O) groups is 3. The molecule has 4 fully saturated rings. The van der Waals surface area contributed by atoms with Gasteiger partial charge in [0.25, 0.3) is 0 Å². The highest BCUT2D eigenvalue weighted by molar-refractivity contribution is 8.02. The van der Waals surface area contributed by atoms with Gasteiger partial charge in [-0.05, 0) is 46.0 Å². The van der Waals surface area contributed by atoms with Gasteiger partial charge in [0, 0.05) is 17.3 Å². The van der Waals surface area contributed by atoms with Crippen molar-refractivity contribution in [2.24, 2.45) is 11.8 Å². The standard InChI is InChI=1S/C27H40N2O5S/c1-5-7-16-34-25(33)21-20-23(31)29(18(3)17-30)22(27(20)14-13-26(21,4)35-27)24(32)28(15-6-2)19-11-9-8-10-12-19/h5-6,18-22,30H,1-2,7-17H2,3-4H3/t18-,20+,21-,22?,26+,27?/m1/s1. The van der Waals surface area contributed by atoms with Crippen LogP contribution in [-0.4, -0.2) is 80.1 Å². The van der Waals surface area contributed by atoms with E-state index in [2.05, 4.69) is 13.2 Å². The molecule has 1 saturated carbocycles. The predicted octanol–water partition coefficient (Wildman–Crippen LogP) is 3.32. The Morgan fingerprint density at radius 1 is 1.26 bits per heavy atom. The molecular weight excluding hydrogens is 464 g/mol. The summed E-state index contributed by atoms with van der Waals surface area (Å²) >= 11 is 1.64. The van der Waals surface area contributed by atoms with Gasteiger partial charge in [0.05, 0.1) is 35.8 Å². The first-order valence-corrected chi connectivity index (χ1v) is 13.9. The van der Waals surface area contributed by atoms with Gasteiger partial charge < -0.3 is 19.6 Å². The van der Waals surface area contributed by atoms with Crippen LogP contribution in [0.3, 0.4) is 0 Å². The zero-order valence-electron chi connectivity index (χ0n) is 21.1. The highest BCUT2D eigenvalue weighted by atomic mass is 32.2. The lowest BCUT2D eigenvalue weighted by Gasteiger charge is -2.42. The molecule has 2 bridgehead atoms. The van der Waals surface area contributed by atoms with Crippen molar-refractivity contribution in [2.75, 3.05) is 19.8 Å². The molecular formula is C27H40N2O5S. The Morgan fingerprint density at radius 2 is 1.97 bits per heavy atom. The van der Waals surface area contributed by atoms with E-state index >= 15 is 0 Å². The first-order valence-electron chi connectivity index (χ1n) is 13.1. The van der Waals surface area contributed by atoms with Gasteiger partial charge in [0.1, 0.15) is 6.04 Å². The number of ether oxygens (including phenoxy) is 1. The number of likely N-dealkylation sites (tertiary alicyclic amines) is 1. The lowest BCUT2D eigenvalue weighted by molar-refractivity contribution is -0.156. The molecule has 0 aromatic heterocycles. The lowest BCUT2D eigenvalue weighted by atomic mass is 9.66. The molecule has 7 nitrogen and oxygen atoms in total. The minimum atomic E-state index is -0.707. The Bertz CT molecular complexity index is 874. The second-order valence-electron chi connectivity index (χ2n) is 10.8. The van der Waals surface area contributed by atoms with Gasteiger partial charge in [-0.2, -0.15) is 0 Å². The Kier molecular flexibility index (Phi) is 7.72. The highest BCUT2D eigenvalue weighted by Crippen LogP contribution is 2.71. The van der Waals surface area contributed by atoms with Crippen LogP contribution in [0, 0.1) is 11.8 Å². The van der Waals surface area contributed by atoms with Gasteiger partial charge in [-0.15, -0.1) is 24.9 Å². The molecule has 3 heterocycles. The summed E-state index contributed by atoms with van der Waals surface area (Å²) in [4.78, 5) is 45.2. The zero-order valence-corrected chi connectivity index (χ0v) is 21.9. The maximum atomic E-state index is 14.4. The van der Waals surface area contributed by atoms with E-state index in [9.17, 15) is 19.5 Å². The molecule has 1 N–H and O–H groups in total. The minimum Gasteiger partial charge on any atom is -0.465 e. The van der Waals surface area contributed by atoms with E-state index in [1.54, 1.807) is 35.7 Å². The molecule has 3 aliphatic heterocycles. The third-order valence-electron chi connectivity index (χ3n) is 8.63. The van der Waals surface area contributed by atoms with E-state index in [1.165, 1.54) is 6.42 Å². The third kappa shape index (κ3) is 4.24. The molecule has 4 rings (SSSR count). The molecule has 2 amide bonds. The Hall–Kier alpha value is -1.80. The van der Waals surface area contributed by atoms with E-state index in [1.807, 2.05) is 11.8 Å². The van der Waals surface area contributed by atoms with Crippen LogP contribution in [0.15, 0.2) is 25.3 Å². The number of rotatable bonds is 10. The smallest absolute Gasteiger partial charge is 0.311 e. The number of carbonyl (C=O) groups excluding carboxylic acids is 3. The molecule has 35 heavy (non-hydrogen) atoms. The second kappa shape index (κ2) is 10.3. The van der Waals surface area contributed by atoms with Gasteiger partial charge in [0.15, 0.2) is 0 Å². The van der Waals surface area contributed by atoms with Gasteiger partial charge in [-0.25, -0.2) is 0 Å². The summed E-state index contributed by atoms with van der Waals surface area (Å²) in [5.74, 6) is -1.85. The van der Waals surface area contributed by atoms with Gasteiger partial charge in [-0.1, -0.05) is 31.4 Å².